The Kier molecular flexibility index (Phi) is 4.84. The number of benzene rings is 1. The molecule has 1 aromatic rings. The Hall–Kier alpha value is -1.20. The first-order valence-corrected chi connectivity index (χ1v) is 5.55. The minimum atomic E-state index is -0.690. The number of rotatable bonds is 5. The van der Waals surface area contributed by atoms with Gasteiger partial charge in [0.05, 0.1) is 12.6 Å². The highest BCUT2D eigenvalue weighted by Crippen LogP contribution is 2.22. The Morgan fingerprint density at radius 1 is 1.29 bits per heavy atom. The van der Waals surface area contributed by atoms with E-state index in [1.807, 2.05) is 13.8 Å². The molecule has 0 bridgehead atoms. The molecule has 1 rings (SSSR count). The zero-order valence-corrected chi connectivity index (χ0v) is 10.0. The van der Waals surface area contributed by atoms with E-state index in [-0.39, 0.29) is 30.8 Å². The van der Waals surface area contributed by atoms with E-state index >= 15 is 0 Å². The molecule has 0 spiro atoms. The van der Waals surface area contributed by atoms with E-state index in [1.54, 1.807) is 0 Å². The fraction of sp³-hybridized carbons (Fsp3) is 0.500. The summed E-state index contributed by atoms with van der Waals surface area (Å²) < 4.78 is 27.2. The molecule has 0 aliphatic carbocycles. The van der Waals surface area contributed by atoms with Crippen molar-refractivity contribution in [2.24, 2.45) is 11.7 Å². The second kappa shape index (κ2) is 5.93. The zero-order chi connectivity index (χ0) is 13.0. The molecule has 17 heavy (non-hydrogen) atoms. The average molecular weight is 244 g/mol. The van der Waals surface area contributed by atoms with Crippen LogP contribution in [0, 0.1) is 17.6 Å². The van der Waals surface area contributed by atoms with Crippen LogP contribution in [-0.4, -0.2) is 17.8 Å². The van der Waals surface area contributed by atoms with Gasteiger partial charge < -0.3 is 16.2 Å². The van der Waals surface area contributed by atoms with E-state index in [0.717, 1.165) is 0 Å². The highest BCUT2D eigenvalue weighted by Gasteiger charge is 2.17. The highest BCUT2D eigenvalue weighted by atomic mass is 19.1. The van der Waals surface area contributed by atoms with Crippen molar-refractivity contribution in [3.63, 3.8) is 0 Å². The third-order valence-electron chi connectivity index (χ3n) is 2.67. The molecule has 5 heteroatoms. The van der Waals surface area contributed by atoms with Crippen molar-refractivity contribution in [2.75, 3.05) is 11.9 Å². The van der Waals surface area contributed by atoms with Crippen molar-refractivity contribution in [2.45, 2.75) is 26.4 Å². The summed E-state index contributed by atoms with van der Waals surface area (Å²) in [6, 6.07) is 2.00. The summed E-state index contributed by atoms with van der Waals surface area (Å²) in [5, 5.41) is 11.8. The molecule has 0 heterocycles. The SMILES string of the molecule is CC(C)[C@@H](CO)Nc1c(F)cc(CN)cc1F. The molecule has 0 unspecified atom stereocenters. The number of nitrogens with two attached hydrogens (primary N) is 1. The van der Waals surface area contributed by atoms with Crippen LogP contribution in [0.4, 0.5) is 14.5 Å². The van der Waals surface area contributed by atoms with Crippen LogP contribution in [0.5, 0.6) is 0 Å². The minimum absolute atomic E-state index is 0.0629. The van der Waals surface area contributed by atoms with E-state index < -0.39 is 11.6 Å². The van der Waals surface area contributed by atoms with Gasteiger partial charge in [-0.25, -0.2) is 8.78 Å². The Balaban J connectivity index is 2.98. The predicted molar refractivity (Wildman–Crippen MR) is 63.6 cm³/mol. The van der Waals surface area contributed by atoms with E-state index in [9.17, 15) is 8.78 Å². The van der Waals surface area contributed by atoms with Crippen LogP contribution in [0.1, 0.15) is 19.4 Å². The second-order valence-electron chi connectivity index (χ2n) is 4.32. The summed E-state index contributed by atoms with van der Waals surface area (Å²) in [5.74, 6) is -1.32. The monoisotopic (exact) mass is 244 g/mol. The van der Waals surface area contributed by atoms with Crippen LogP contribution in [0.2, 0.25) is 0 Å². The smallest absolute Gasteiger partial charge is 0.149 e. The van der Waals surface area contributed by atoms with Crippen molar-refractivity contribution in [1.82, 2.24) is 0 Å². The van der Waals surface area contributed by atoms with Crippen molar-refractivity contribution in [3.8, 4) is 0 Å². The van der Waals surface area contributed by atoms with Crippen LogP contribution in [0.3, 0.4) is 0 Å². The van der Waals surface area contributed by atoms with Gasteiger partial charge in [0.1, 0.15) is 17.3 Å². The normalized spacial score (nSPS) is 12.9. The van der Waals surface area contributed by atoms with E-state index in [1.165, 1.54) is 12.1 Å². The van der Waals surface area contributed by atoms with Gasteiger partial charge in [-0.1, -0.05) is 13.8 Å². The van der Waals surface area contributed by atoms with Gasteiger partial charge in [-0.3, -0.25) is 0 Å². The summed E-state index contributed by atoms with van der Waals surface area (Å²) in [4.78, 5) is 0. The fourth-order valence-corrected chi connectivity index (χ4v) is 1.49. The molecule has 0 aliphatic heterocycles. The summed E-state index contributed by atoms with van der Waals surface area (Å²) in [6.07, 6.45) is 0. The Morgan fingerprint density at radius 3 is 2.18 bits per heavy atom. The zero-order valence-electron chi connectivity index (χ0n) is 10.0. The maximum absolute atomic E-state index is 13.6. The molecule has 3 nitrogen and oxygen atoms in total. The van der Waals surface area contributed by atoms with Gasteiger partial charge in [-0.05, 0) is 23.6 Å². The third kappa shape index (κ3) is 3.38. The number of anilines is 1. The molecule has 0 aromatic heterocycles. The molecular weight excluding hydrogens is 226 g/mol. The second-order valence-corrected chi connectivity index (χ2v) is 4.32. The summed E-state index contributed by atoms with van der Waals surface area (Å²) >= 11 is 0. The summed E-state index contributed by atoms with van der Waals surface area (Å²) in [6.45, 7) is 3.62. The van der Waals surface area contributed by atoms with Crippen molar-refractivity contribution < 1.29 is 13.9 Å². The topological polar surface area (TPSA) is 58.3 Å². The van der Waals surface area contributed by atoms with E-state index in [2.05, 4.69) is 5.32 Å². The molecule has 0 amide bonds. The standard InChI is InChI=1S/C12H18F2N2O/c1-7(2)11(6-17)16-12-9(13)3-8(5-15)4-10(12)14/h3-4,7,11,16-17H,5-6,15H2,1-2H3/t11-/m1/s1. The van der Waals surface area contributed by atoms with Gasteiger partial charge in [-0.15, -0.1) is 0 Å². The van der Waals surface area contributed by atoms with Gasteiger partial charge in [0.15, 0.2) is 0 Å². The van der Waals surface area contributed by atoms with E-state index in [4.69, 9.17) is 10.8 Å². The van der Waals surface area contributed by atoms with Crippen LogP contribution >= 0.6 is 0 Å². The van der Waals surface area contributed by atoms with Gasteiger partial charge >= 0.3 is 0 Å². The molecule has 96 valence electrons. The van der Waals surface area contributed by atoms with Gasteiger partial charge in [-0.2, -0.15) is 0 Å². The van der Waals surface area contributed by atoms with Crippen LogP contribution in [0.25, 0.3) is 0 Å². The van der Waals surface area contributed by atoms with Crippen LogP contribution < -0.4 is 11.1 Å². The lowest BCUT2D eigenvalue weighted by Crippen LogP contribution is -2.30. The average Bonchev–Trinajstić information content (AvgIpc) is 2.27. The van der Waals surface area contributed by atoms with Crippen molar-refractivity contribution in [3.05, 3.63) is 29.3 Å². The molecular formula is C12H18F2N2O. The van der Waals surface area contributed by atoms with Gasteiger partial charge in [0.2, 0.25) is 0 Å². The van der Waals surface area contributed by atoms with Crippen LogP contribution in [0.15, 0.2) is 12.1 Å². The molecule has 0 radical (unpaired) electrons. The quantitative estimate of drug-likeness (QED) is 0.741. The molecule has 1 aromatic carbocycles. The number of hydrogen-bond donors (Lipinski definition) is 3. The van der Waals surface area contributed by atoms with E-state index in [0.29, 0.717) is 5.56 Å². The lowest BCUT2D eigenvalue weighted by atomic mass is 10.0. The first-order chi connectivity index (χ1) is 7.99. The predicted octanol–water partition coefficient (Wildman–Crippen LogP) is 1.85. The lowest BCUT2D eigenvalue weighted by Gasteiger charge is -2.22. The van der Waals surface area contributed by atoms with Gasteiger partial charge in [0.25, 0.3) is 0 Å². The van der Waals surface area contributed by atoms with Crippen molar-refractivity contribution in [1.29, 1.82) is 0 Å². The number of aliphatic hydroxyl groups is 1. The lowest BCUT2D eigenvalue weighted by molar-refractivity contribution is 0.248. The first-order valence-electron chi connectivity index (χ1n) is 5.55. The number of hydrogen-bond acceptors (Lipinski definition) is 3. The Morgan fingerprint density at radius 2 is 1.82 bits per heavy atom. The summed E-state index contributed by atoms with van der Waals surface area (Å²) in [7, 11) is 0. The molecule has 0 saturated carbocycles. The highest BCUT2D eigenvalue weighted by molar-refractivity contribution is 5.49. The Bertz CT molecular complexity index is 360. The minimum Gasteiger partial charge on any atom is -0.394 e. The number of halogens is 2. The first kappa shape index (κ1) is 13.9. The Labute approximate surface area is 99.6 Å². The fourth-order valence-electron chi connectivity index (χ4n) is 1.49. The maximum atomic E-state index is 13.6. The number of nitrogens with one attached hydrogen (secondary N) is 1. The van der Waals surface area contributed by atoms with Gasteiger partial charge in [0, 0.05) is 6.54 Å². The molecule has 1 atom stereocenters. The largest absolute Gasteiger partial charge is 0.394 e. The molecule has 0 saturated heterocycles. The van der Waals surface area contributed by atoms with Crippen molar-refractivity contribution >= 4 is 5.69 Å². The number of aliphatic hydroxyl groups excluding tert-OH is 1. The summed E-state index contributed by atoms with van der Waals surface area (Å²) in [5.41, 5.74) is 5.51. The molecule has 0 fully saturated rings. The molecule has 4 N–H and O–H groups in total. The van der Waals surface area contributed by atoms with Crippen LogP contribution in [-0.2, 0) is 6.54 Å². The third-order valence-corrected chi connectivity index (χ3v) is 2.67. The molecule has 0 aliphatic rings. The maximum Gasteiger partial charge on any atom is 0.149 e.